The van der Waals surface area contributed by atoms with E-state index in [0.717, 1.165) is 37.9 Å². The predicted molar refractivity (Wildman–Crippen MR) is 101 cm³/mol. The molecular formula is C19H22N4O2S. The number of ketones is 1. The molecule has 1 aliphatic carbocycles. The number of Topliss-reactive ketones (excluding diaryl/α,β-unsaturated/α-hetero) is 1. The summed E-state index contributed by atoms with van der Waals surface area (Å²) >= 11 is 1.44. The first-order chi connectivity index (χ1) is 12.7. The van der Waals surface area contributed by atoms with Gasteiger partial charge in [0.25, 0.3) is 5.91 Å². The van der Waals surface area contributed by atoms with E-state index in [1.54, 1.807) is 12.1 Å². The van der Waals surface area contributed by atoms with Crippen LogP contribution >= 0.6 is 11.3 Å². The van der Waals surface area contributed by atoms with E-state index in [2.05, 4.69) is 10.4 Å². The summed E-state index contributed by atoms with van der Waals surface area (Å²) in [5, 5.41) is 2.62. The van der Waals surface area contributed by atoms with Crippen molar-refractivity contribution in [2.75, 3.05) is 18.5 Å². The third-order valence-electron chi connectivity index (χ3n) is 5.12. The number of amides is 1. The monoisotopic (exact) mass is 370 g/mol. The van der Waals surface area contributed by atoms with Crippen molar-refractivity contribution in [2.45, 2.75) is 31.6 Å². The van der Waals surface area contributed by atoms with Crippen LogP contribution < -0.4 is 11.3 Å². The molecule has 2 aromatic rings. The van der Waals surface area contributed by atoms with E-state index >= 15 is 0 Å². The molecule has 2 heterocycles. The normalized spacial score (nSPS) is 20.0. The molecule has 1 unspecified atom stereocenters. The van der Waals surface area contributed by atoms with Crippen molar-refractivity contribution < 1.29 is 9.59 Å². The Morgan fingerprint density at radius 1 is 1.23 bits per heavy atom. The molecule has 1 saturated heterocycles. The maximum atomic E-state index is 12.9. The molecule has 7 heteroatoms. The van der Waals surface area contributed by atoms with Crippen LogP contribution in [0, 0.1) is 5.92 Å². The van der Waals surface area contributed by atoms with Crippen molar-refractivity contribution in [2.24, 2.45) is 11.8 Å². The Balaban J connectivity index is 1.49. The van der Waals surface area contributed by atoms with E-state index < -0.39 is 0 Å². The zero-order chi connectivity index (χ0) is 18.1. The number of carbonyl (C=O) groups is 2. The lowest BCUT2D eigenvalue weighted by Crippen LogP contribution is -2.39. The van der Waals surface area contributed by atoms with Gasteiger partial charge in [0.2, 0.25) is 0 Å². The van der Waals surface area contributed by atoms with Gasteiger partial charge in [0, 0.05) is 30.3 Å². The molecule has 3 N–H and O–H groups in total. The number of nitrogens with zero attached hydrogens (tertiary/aromatic N) is 2. The summed E-state index contributed by atoms with van der Waals surface area (Å²) in [6.07, 6.45) is 3.90. The number of hydrogen-bond acceptors (Lipinski definition) is 6. The van der Waals surface area contributed by atoms with Gasteiger partial charge < -0.3 is 10.3 Å². The van der Waals surface area contributed by atoms with Crippen LogP contribution in [0.25, 0.3) is 0 Å². The summed E-state index contributed by atoms with van der Waals surface area (Å²) in [6.45, 7) is 1.35. The number of carbonyl (C=O) groups excluding carboxylic acids is 2. The Morgan fingerprint density at radius 3 is 2.81 bits per heavy atom. The number of hydrogen-bond donors (Lipinski definition) is 2. The molecule has 1 amide bonds. The molecule has 4 rings (SSSR count). The standard InChI is InChI=1S/C19H22N4O2S/c20-22-15-6-2-1-5-14(15)19(25)23-9-3-4-13(10-23)16-11-26-18(21-16)17(24)12-7-8-12/h1-2,5-6,11-13,22H,3-4,7-10,20H2. The lowest BCUT2D eigenvalue weighted by Gasteiger charge is -2.32. The molecule has 6 nitrogen and oxygen atoms in total. The summed E-state index contributed by atoms with van der Waals surface area (Å²) in [7, 11) is 0. The SMILES string of the molecule is NNc1ccccc1C(=O)N1CCCC(c2csc(C(=O)C3CC3)n2)C1. The highest BCUT2D eigenvalue weighted by molar-refractivity contribution is 7.11. The smallest absolute Gasteiger partial charge is 0.256 e. The van der Waals surface area contributed by atoms with Crippen LogP contribution in [0.5, 0.6) is 0 Å². The highest BCUT2D eigenvalue weighted by Crippen LogP contribution is 2.35. The first-order valence-corrected chi connectivity index (χ1v) is 9.90. The summed E-state index contributed by atoms with van der Waals surface area (Å²) < 4.78 is 0. The number of hydrazine groups is 1. The summed E-state index contributed by atoms with van der Waals surface area (Å²) in [5.41, 5.74) is 4.75. The second-order valence-electron chi connectivity index (χ2n) is 7.00. The number of anilines is 1. The molecule has 1 aromatic carbocycles. The number of benzene rings is 1. The van der Waals surface area contributed by atoms with Gasteiger partial charge in [-0.3, -0.25) is 15.4 Å². The number of nitrogens with two attached hydrogens (primary N) is 1. The molecule has 26 heavy (non-hydrogen) atoms. The molecule has 0 radical (unpaired) electrons. The van der Waals surface area contributed by atoms with Crippen LogP contribution in [-0.2, 0) is 0 Å². The molecule has 0 spiro atoms. The Bertz CT molecular complexity index is 830. The predicted octanol–water partition coefficient (Wildman–Crippen LogP) is 3.04. The van der Waals surface area contributed by atoms with Crippen LogP contribution in [-0.4, -0.2) is 34.7 Å². The lowest BCUT2D eigenvalue weighted by atomic mass is 9.94. The second-order valence-corrected chi connectivity index (χ2v) is 7.85. The van der Waals surface area contributed by atoms with Gasteiger partial charge in [-0.2, -0.15) is 0 Å². The highest BCUT2D eigenvalue weighted by atomic mass is 32.1. The summed E-state index contributed by atoms with van der Waals surface area (Å²) in [4.78, 5) is 31.6. The van der Waals surface area contributed by atoms with E-state index in [-0.39, 0.29) is 23.5 Å². The van der Waals surface area contributed by atoms with Gasteiger partial charge >= 0.3 is 0 Å². The van der Waals surface area contributed by atoms with Gasteiger partial charge in [-0.15, -0.1) is 11.3 Å². The van der Waals surface area contributed by atoms with Gasteiger partial charge in [-0.05, 0) is 37.8 Å². The molecular weight excluding hydrogens is 348 g/mol. The lowest BCUT2D eigenvalue weighted by molar-refractivity contribution is 0.0706. The first kappa shape index (κ1) is 17.2. The Kier molecular flexibility index (Phi) is 4.74. The maximum absolute atomic E-state index is 12.9. The fraction of sp³-hybridized carbons (Fsp3) is 0.421. The quantitative estimate of drug-likeness (QED) is 0.480. The third-order valence-corrected chi connectivity index (χ3v) is 6.00. The molecule has 1 saturated carbocycles. The fourth-order valence-corrected chi connectivity index (χ4v) is 4.39. The van der Waals surface area contributed by atoms with Crippen molar-refractivity contribution in [3.8, 4) is 0 Å². The fourth-order valence-electron chi connectivity index (χ4n) is 3.48. The number of nitrogen functional groups attached to an aromatic ring is 1. The average Bonchev–Trinajstić information content (AvgIpc) is 3.43. The molecule has 1 atom stereocenters. The topological polar surface area (TPSA) is 88.3 Å². The zero-order valence-corrected chi connectivity index (χ0v) is 15.3. The maximum Gasteiger partial charge on any atom is 0.256 e. The number of likely N-dealkylation sites (tertiary alicyclic amines) is 1. The van der Waals surface area contributed by atoms with Crippen LogP contribution in [0.3, 0.4) is 0 Å². The minimum atomic E-state index is -0.0206. The van der Waals surface area contributed by atoms with Crippen molar-refractivity contribution in [1.29, 1.82) is 0 Å². The van der Waals surface area contributed by atoms with Gasteiger partial charge in [0.1, 0.15) is 0 Å². The minimum absolute atomic E-state index is 0.0206. The minimum Gasteiger partial charge on any atom is -0.338 e. The van der Waals surface area contributed by atoms with Crippen molar-refractivity contribution in [1.82, 2.24) is 9.88 Å². The van der Waals surface area contributed by atoms with Crippen molar-refractivity contribution in [3.63, 3.8) is 0 Å². The number of para-hydroxylation sites is 1. The van der Waals surface area contributed by atoms with E-state index in [1.165, 1.54) is 11.3 Å². The van der Waals surface area contributed by atoms with Crippen molar-refractivity contribution in [3.05, 3.63) is 45.9 Å². The molecule has 1 aliphatic heterocycles. The molecule has 136 valence electrons. The average molecular weight is 370 g/mol. The van der Waals surface area contributed by atoms with E-state index in [1.807, 2.05) is 22.4 Å². The van der Waals surface area contributed by atoms with Gasteiger partial charge in [-0.1, -0.05) is 12.1 Å². The van der Waals surface area contributed by atoms with Crippen LogP contribution in [0.2, 0.25) is 0 Å². The Labute approximate surface area is 156 Å². The van der Waals surface area contributed by atoms with Crippen LogP contribution in [0.15, 0.2) is 29.6 Å². The van der Waals surface area contributed by atoms with Crippen LogP contribution in [0.1, 0.15) is 57.5 Å². The van der Waals surface area contributed by atoms with E-state index in [9.17, 15) is 9.59 Å². The zero-order valence-electron chi connectivity index (χ0n) is 14.5. The molecule has 2 fully saturated rings. The van der Waals surface area contributed by atoms with Gasteiger partial charge in [0.05, 0.1) is 16.9 Å². The number of nitrogens with one attached hydrogen (secondary N) is 1. The van der Waals surface area contributed by atoms with Gasteiger partial charge in [0.15, 0.2) is 10.8 Å². The number of piperidine rings is 1. The Morgan fingerprint density at radius 2 is 2.04 bits per heavy atom. The second kappa shape index (κ2) is 7.17. The Hall–Kier alpha value is -2.25. The summed E-state index contributed by atoms with van der Waals surface area (Å²) in [6, 6.07) is 7.27. The van der Waals surface area contributed by atoms with Gasteiger partial charge in [-0.25, -0.2) is 4.98 Å². The third kappa shape index (κ3) is 3.37. The summed E-state index contributed by atoms with van der Waals surface area (Å²) in [5.74, 6) is 6.08. The van der Waals surface area contributed by atoms with Crippen molar-refractivity contribution >= 4 is 28.7 Å². The largest absolute Gasteiger partial charge is 0.338 e. The van der Waals surface area contributed by atoms with E-state index in [0.29, 0.717) is 22.8 Å². The number of rotatable bonds is 5. The van der Waals surface area contributed by atoms with Crippen LogP contribution in [0.4, 0.5) is 5.69 Å². The molecule has 1 aromatic heterocycles. The number of aromatic nitrogens is 1. The molecule has 0 bridgehead atoms. The van der Waals surface area contributed by atoms with E-state index in [4.69, 9.17) is 5.84 Å². The molecule has 2 aliphatic rings. The first-order valence-electron chi connectivity index (χ1n) is 9.02. The highest BCUT2D eigenvalue weighted by Gasteiger charge is 2.33. The number of thiazole rings is 1.